The topological polar surface area (TPSA) is 112 Å². The second-order valence-electron chi connectivity index (χ2n) is 9.80. The average Bonchev–Trinajstić information content (AvgIpc) is 3.00. The lowest BCUT2D eigenvalue weighted by molar-refractivity contribution is 0.0357. The van der Waals surface area contributed by atoms with Gasteiger partial charge in [-0.15, -0.1) is 0 Å². The fourth-order valence-electron chi connectivity index (χ4n) is 4.62. The van der Waals surface area contributed by atoms with Crippen molar-refractivity contribution in [1.29, 1.82) is 0 Å². The molecule has 1 aromatic heterocycles. The van der Waals surface area contributed by atoms with Gasteiger partial charge in [-0.3, -0.25) is 9.88 Å². The summed E-state index contributed by atoms with van der Waals surface area (Å²) in [7, 11) is 1.53. The van der Waals surface area contributed by atoms with Crippen LogP contribution in [0.1, 0.15) is 12.0 Å². The highest BCUT2D eigenvalue weighted by molar-refractivity contribution is 5.93. The predicted molar refractivity (Wildman–Crippen MR) is 158 cm³/mol. The summed E-state index contributed by atoms with van der Waals surface area (Å²) in [4.78, 5) is 18.6. The van der Waals surface area contributed by atoms with Crippen LogP contribution in [-0.2, 0) is 4.74 Å². The molecule has 0 saturated carbocycles. The molecule has 10 nitrogen and oxygen atoms in total. The van der Waals surface area contributed by atoms with E-state index in [0.29, 0.717) is 45.8 Å². The van der Waals surface area contributed by atoms with Crippen molar-refractivity contribution in [2.24, 2.45) is 10.8 Å². The number of halogens is 3. The molecule has 0 aliphatic carbocycles. The number of hydrazone groups is 1. The molecule has 13 heteroatoms. The number of methoxy groups -OCH3 is 1. The van der Waals surface area contributed by atoms with Crippen LogP contribution in [0.4, 0.5) is 23.7 Å². The average molecular weight is 610 g/mol. The quantitative estimate of drug-likeness (QED) is 0.136. The number of rotatable bonds is 11. The van der Waals surface area contributed by atoms with E-state index in [0.717, 1.165) is 63.7 Å². The summed E-state index contributed by atoms with van der Waals surface area (Å²) in [6.07, 6.45) is 3.50. The van der Waals surface area contributed by atoms with Gasteiger partial charge in [0.15, 0.2) is 23.1 Å². The molecule has 0 bridgehead atoms. The van der Waals surface area contributed by atoms with Crippen LogP contribution in [0.3, 0.4) is 0 Å². The van der Waals surface area contributed by atoms with Crippen molar-refractivity contribution in [1.82, 2.24) is 9.88 Å². The maximum absolute atomic E-state index is 15.1. The molecule has 0 atom stereocenters. The van der Waals surface area contributed by atoms with Crippen molar-refractivity contribution in [2.75, 3.05) is 51.6 Å². The fraction of sp³-hybridized carbons (Fsp3) is 0.258. The number of urea groups is 1. The summed E-state index contributed by atoms with van der Waals surface area (Å²) in [6, 6.07) is 10.4. The number of pyridine rings is 1. The molecular formula is C31H30F3N5O5. The van der Waals surface area contributed by atoms with Crippen LogP contribution in [0.15, 0.2) is 65.9 Å². The minimum absolute atomic E-state index is 0.0870. The monoisotopic (exact) mass is 609 g/mol. The zero-order valence-corrected chi connectivity index (χ0v) is 23.8. The minimum Gasteiger partial charge on any atom is -0.493 e. The van der Waals surface area contributed by atoms with Crippen LogP contribution in [-0.4, -0.2) is 68.7 Å². The number of nitrogens with two attached hydrogens (primary N) is 1. The molecule has 3 aromatic carbocycles. The number of carbonyl (C=O) groups excluding carboxylic acids is 1. The Kier molecular flexibility index (Phi) is 9.77. The van der Waals surface area contributed by atoms with E-state index in [-0.39, 0.29) is 17.0 Å². The van der Waals surface area contributed by atoms with Crippen LogP contribution in [0.2, 0.25) is 0 Å². The van der Waals surface area contributed by atoms with Crippen molar-refractivity contribution in [2.45, 2.75) is 6.42 Å². The molecule has 4 aromatic rings. The Hall–Kier alpha value is -4.88. The highest BCUT2D eigenvalue weighted by Gasteiger charge is 2.16. The van der Waals surface area contributed by atoms with Crippen LogP contribution < -0.4 is 25.0 Å². The summed E-state index contributed by atoms with van der Waals surface area (Å²) in [6.45, 7) is 4.71. The number of primary amides is 1. The van der Waals surface area contributed by atoms with Gasteiger partial charge in [-0.05, 0) is 54.4 Å². The van der Waals surface area contributed by atoms with Crippen molar-refractivity contribution < 1.29 is 36.9 Å². The maximum atomic E-state index is 15.1. The summed E-state index contributed by atoms with van der Waals surface area (Å²) in [5.41, 5.74) is 5.88. The first-order valence-electron chi connectivity index (χ1n) is 13.8. The van der Waals surface area contributed by atoms with Crippen molar-refractivity contribution in [3.05, 3.63) is 83.8 Å². The number of carbonyl (C=O) groups is 1. The highest BCUT2D eigenvalue weighted by Crippen LogP contribution is 2.37. The number of fused-ring (bicyclic) bond motifs is 1. The van der Waals surface area contributed by atoms with Gasteiger partial charge in [0, 0.05) is 43.4 Å². The van der Waals surface area contributed by atoms with E-state index in [2.05, 4.69) is 15.0 Å². The molecule has 0 spiro atoms. The molecule has 2 heterocycles. The fourth-order valence-corrected chi connectivity index (χ4v) is 4.62. The standard InChI is InChI=1S/C31H30F3N5O5/c1-41-29-17-24-26(18-30(29)43-10-2-7-38-8-11-42-12-9-38)36-6-5-27(24)44-28-4-3-20(13-25(28)34)19-37-39(31(35)40)23-15-21(32)14-22(33)16-23/h3-6,13-19H,2,7-12H2,1H3,(H2,35,40). The van der Waals surface area contributed by atoms with Gasteiger partial charge in [-0.1, -0.05) is 0 Å². The van der Waals surface area contributed by atoms with Crippen LogP contribution in [0.5, 0.6) is 23.0 Å². The van der Waals surface area contributed by atoms with Gasteiger partial charge in [0.2, 0.25) is 0 Å². The Balaban J connectivity index is 1.29. The second kappa shape index (κ2) is 14.1. The van der Waals surface area contributed by atoms with Crippen molar-refractivity contribution in [3.63, 3.8) is 0 Å². The maximum Gasteiger partial charge on any atom is 0.340 e. The van der Waals surface area contributed by atoms with E-state index in [9.17, 15) is 13.6 Å². The van der Waals surface area contributed by atoms with Gasteiger partial charge in [-0.2, -0.15) is 10.1 Å². The summed E-state index contributed by atoms with van der Waals surface area (Å²) >= 11 is 0. The zero-order chi connectivity index (χ0) is 31.1. The predicted octanol–water partition coefficient (Wildman–Crippen LogP) is 5.47. The molecular weight excluding hydrogens is 579 g/mol. The molecule has 0 radical (unpaired) electrons. The largest absolute Gasteiger partial charge is 0.493 e. The number of nitrogens with zero attached hydrogens (tertiary/aromatic N) is 4. The Morgan fingerprint density at radius 1 is 1.02 bits per heavy atom. The van der Waals surface area contributed by atoms with Crippen molar-refractivity contribution >= 4 is 28.8 Å². The Bertz CT molecular complexity index is 1650. The summed E-state index contributed by atoms with van der Waals surface area (Å²) < 4.78 is 65.2. The third kappa shape index (κ3) is 7.54. The second-order valence-corrected chi connectivity index (χ2v) is 9.80. The molecule has 1 saturated heterocycles. The first-order chi connectivity index (χ1) is 21.3. The van der Waals surface area contributed by atoms with E-state index in [4.69, 9.17) is 24.7 Å². The molecule has 1 aliphatic rings. The van der Waals surface area contributed by atoms with Gasteiger partial charge >= 0.3 is 6.03 Å². The number of ether oxygens (including phenoxy) is 4. The Morgan fingerprint density at radius 3 is 2.50 bits per heavy atom. The molecule has 44 heavy (non-hydrogen) atoms. The first-order valence-corrected chi connectivity index (χ1v) is 13.8. The number of hydrogen-bond acceptors (Lipinski definition) is 8. The number of anilines is 1. The normalized spacial score (nSPS) is 13.7. The van der Waals surface area contributed by atoms with Gasteiger partial charge < -0.3 is 24.7 Å². The van der Waals surface area contributed by atoms with Crippen LogP contribution in [0.25, 0.3) is 10.9 Å². The first kappa shape index (κ1) is 30.6. The number of morpholine rings is 1. The van der Waals surface area contributed by atoms with Gasteiger partial charge in [0.25, 0.3) is 0 Å². The lowest BCUT2D eigenvalue weighted by atomic mass is 10.1. The molecule has 0 unspecified atom stereocenters. The van der Waals surface area contributed by atoms with E-state index in [1.54, 1.807) is 24.4 Å². The lowest BCUT2D eigenvalue weighted by Crippen LogP contribution is -2.37. The van der Waals surface area contributed by atoms with E-state index < -0.39 is 23.5 Å². The lowest BCUT2D eigenvalue weighted by Gasteiger charge is -2.26. The third-order valence-electron chi connectivity index (χ3n) is 6.77. The number of hydrogen-bond donors (Lipinski definition) is 1. The number of benzene rings is 3. The Morgan fingerprint density at radius 2 is 1.80 bits per heavy atom. The van der Waals surface area contributed by atoms with E-state index in [1.165, 1.54) is 19.2 Å². The molecule has 2 N–H and O–H groups in total. The van der Waals surface area contributed by atoms with Gasteiger partial charge in [-0.25, -0.2) is 18.0 Å². The van der Waals surface area contributed by atoms with E-state index >= 15 is 4.39 Å². The SMILES string of the molecule is COc1cc2c(Oc3ccc(C=NN(C(N)=O)c4cc(F)cc(F)c4)cc3F)ccnc2cc1OCCCN1CCOCC1. The smallest absolute Gasteiger partial charge is 0.340 e. The Labute approximate surface area is 251 Å². The molecule has 1 aliphatic heterocycles. The molecule has 1 fully saturated rings. The van der Waals surface area contributed by atoms with Crippen LogP contribution >= 0.6 is 0 Å². The number of aromatic nitrogens is 1. The molecule has 2 amide bonds. The minimum atomic E-state index is -1.09. The van der Waals surface area contributed by atoms with E-state index in [1.807, 2.05) is 0 Å². The third-order valence-corrected chi connectivity index (χ3v) is 6.77. The highest BCUT2D eigenvalue weighted by atomic mass is 19.1. The molecule has 230 valence electrons. The summed E-state index contributed by atoms with van der Waals surface area (Å²) in [5.74, 6) is -1.31. The van der Waals surface area contributed by atoms with Gasteiger partial charge in [0.05, 0.1) is 44.3 Å². The van der Waals surface area contributed by atoms with Crippen LogP contribution in [0, 0.1) is 17.5 Å². The zero-order valence-electron chi connectivity index (χ0n) is 23.8. The van der Waals surface area contributed by atoms with Gasteiger partial charge in [0.1, 0.15) is 17.4 Å². The molecule has 5 rings (SSSR count). The van der Waals surface area contributed by atoms with Crippen molar-refractivity contribution in [3.8, 4) is 23.0 Å². The summed E-state index contributed by atoms with van der Waals surface area (Å²) in [5, 5.41) is 5.04. The number of amides is 2.